The van der Waals surface area contributed by atoms with Gasteiger partial charge in [-0.05, 0) is 49.9 Å². The van der Waals surface area contributed by atoms with Crippen molar-refractivity contribution in [3.05, 3.63) is 29.1 Å². The van der Waals surface area contributed by atoms with Crippen molar-refractivity contribution in [1.82, 2.24) is 9.55 Å². The Balaban J connectivity index is 2.11. The van der Waals surface area contributed by atoms with Gasteiger partial charge in [0.15, 0.2) is 0 Å². The molecule has 1 aromatic heterocycles. The number of benzene rings is 1. The molecule has 0 unspecified atom stereocenters. The number of hydrogen-bond acceptors (Lipinski definition) is 2. The summed E-state index contributed by atoms with van der Waals surface area (Å²) in [6.07, 6.45) is 2.50. The van der Waals surface area contributed by atoms with Gasteiger partial charge in [0.1, 0.15) is 5.82 Å². The Kier molecular flexibility index (Phi) is 2.81. The molecule has 1 saturated carbocycles. The molecule has 0 amide bonds. The third kappa shape index (κ3) is 2.23. The van der Waals surface area contributed by atoms with E-state index in [4.69, 9.17) is 10.1 Å². The van der Waals surface area contributed by atoms with Crippen molar-refractivity contribution in [3.63, 3.8) is 0 Å². The standard InChI is InChI=1S/C15H18N2O2/c1-9-7-12-13(8-10(9)2)17(6-5-14(18)19)15(16-12)11-3-4-11/h7-8,11H,3-6H2,1-2H3,(H,18,19). The van der Waals surface area contributed by atoms with Gasteiger partial charge >= 0.3 is 5.97 Å². The molecule has 1 aliphatic rings. The SMILES string of the molecule is Cc1cc2nc(C3CC3)n(CCC(=O)O)c2cc1C. The van der Waals surface area contributed by atoms with Crippen molar-refractivity contribution in [1.29, 1.82) is 0 Å². The number of nitrogens with zero attached hydrogens (tertiary/aromatic N) is 2. The zero-order chi connectivity index (χ0) is 13.6. The minimum atomic E-state index is -0.757. The summed E-state index contributed by atoms with van der Waals surface area (Å²) in [7, 11) is 0. The van der Waals surface area contributed by atoms with Crippen LogP contribution in [0.2, 0.25) is 0 Å². The van der Waals surface area contributed by atoms with Crippen molar-refractivity contribution in [2.45, 2.75) is 45.6 Å². The summed E-state index contributed by atoms with van der Waals surface area (Å²) in [5, 5.41) is 8.89. The van der Waals surface area contributed by atoms with Crippen molar-refractivity contribution in [2.24, 2.45) is 0 Å². The molecule has 0 aliphatic heterocycles. The van der Waals surface area contributed by atoms with Crippen LogP contribution in [-0.2, 0) is 11.3 Å². The fourth-order valence-corrected chi connectivity index (χ4v) is 2.49. The molecule has 19 heavy (non-hydrogen) atoms. The van der Waals surface area contributed by atoms with E-state index < -0.39 is 5.97 Å². The first-order chi connectivity index (χ1) is 9.06. The maximum absolute atomic E-state index is 10.8. The van der Waals surface area contributed by atoms with Crippen molar-refractivity contribution in [3.8, 4) is 0 Å². The van der Waals surface area contributed by atoms with Crippen LogP contribution in [0.1, 0.15) is 42.1 Å². The molecule has 0 spiro atoms. The van der Waals surface area contributed by atoms with E-state index in [1.807, 2.05) is 0 Å². The summed E-state index contributed by atoms with van der Waals surface area (Å²) in [5.41, 5.74) is 4.53. The first-order valence-electron chi connectivity index (χ1n) is 6.75. The highest BCUT2D eigenvalue weighted by atomic mass is 16.4. The molecular formula is C15H18N2O2. The average Bonchev–Trinajstić information content (AvgIpc) is 3.12. The van der Waals surface area contributed by atoms with Gasteiger partial charge < -0.3 is 9.67 Å². The molecule has 2 aromatic rings. The summed E-state index contributed by atoms with van der Waals surface area (Å²) in [4.78, 5) is 15.5. The summed E-state index contributed by atoms with van der Waals surface area (Å²) in [6.45, 7) is 4.68. The van der Waals surface area contributed by atoms with Gasteiger partial charge in [-0.1, -0.05) is 0 Å². The van der Waals surface area contributed by atoms with Crippen LogP contribution < -0.4 is 0 Å². The Labute approximate surface area is 112 Å². The van der Waals surface area contributed by atoms with Gasteiger partial charge in [0.05, 0.1) is 17.5 Å². The highest BCUT2D eigenvalue weighted by Crippen LogP contribution is 2.41. The zero-order valence-electron chi connectivity index (χ0n) is 11.3. The minimum absolute atomic E-state index is 0.151. The van der Waals surface area contributed by atoms with E-state index >= 15 is 0 Å². The maximum atomic E-state index is 10.8. The van der Waals surface area contributed by atoms with Gasteiger partial charge in [-0.3, -0.25) is 4.79 Å². The van der Waals surface area contributed by atoms with Gasteiger partial charge in [-0.2, -0.15) is 0 Å². The van der Waals surface area contributed by atoms with Crippen LogP contribution in [0.4, 0.5) is 0 Å². The molecule has 4 heteroatoms. The largest absolute Gasteiger partial charge is 0.481 e. The second kappa shape index (κ2) is 4.37. The fraction of sp³-hybridized carbons (Fsp3) is 0.467. The summed E-state index contributed by atoms with van der Waals surface area (Å²) >= 11 is 0. The van der Waals surface area contributed by atoms with Gasteiger partial charge in [0.2, 0.25) is 0 Å². The topological polar surface area (TPSA) is 55.1 Å². The lowest BCUT2D eigenvalue weighted by Crippen LogP contribution is -2.07. The molecule has 1 heterocycles. The Hall–Kier alpha value is -1.84. The van der Waals surface area contributed by atoms with E-state index in [0.29, 0.717) is 12.5 Å². The molecule has 0 radical (unpaired) electrons. The lowest BCUT2D eigenvalue weighted by atomic mass is 10.1. The molecule has 0 atom stereocenters. The summed E-state index contributed by atoms with van der Waals surface area (Å²) < 4.78 is 2.10. The van der Waals surface area contributed by atoms with Gasteiger partial charge in [-0.25, -0.2) is 4.98 Å². The van der Waals surface area contributed by atoms with Crippen LogP contribution in [0.25, 0.3) is 11.0 Å². The minimum Gasteiger partial charge on any atom is -0.481 e. The van der Waals surface area contributed by atoms with Crippen LogP contribution in [0.5, 0.6) is 0 Å². The van der Waals surface area contributed by atoms with Crippen LogP contribution in [0.3, 0.4) is 0 Å². The van der Waals surface area contributed by atoms with Crippen molar-refractivity contribution in [2.75, 3.05) is 0 Å². The van der Waals surface area contributed by atoms with Crippen LogP contribution >= 0.6 is 0 Å². The fourth-order valence-electron chi connectivity index (χ4n) is 2.49. The lowest BCUT2D eigenvalue weighted by Gasteiger charge is -2.07. The van der Waals surface area contributed by atoms with Crippen LogP contribution in [0, 0.1) is 13.8 Å². The Bertz CT molecular complexity index is 654. The molecule has 0 bridgehead atoms. The van der Waals surface area contributed by atoms with E-state index in [1.165, 1.54) is 24.0 Å². The van der Waals surface area contributed by atoms with E-state index in [-0.39, 0.29) is 6.42 Å². The Morgan fingerprint density at radius 2 is 2.05 bits per heavy atom. The molecule has 1 N–H and O–H groups in total. The van der Waals surface area contributed by atoms with E-state index in [1.54, 1.807) is 0 Å². The smallest absolute Gasteiger partial charge is 0.305 e. The molecule has 4 nitrogen and oxygen atoms in total. The molecule has 1 fully saturated rings. The molecule has 3 rings (SSSR count). The third-order valence-corrected chi connectivity index (χ3v) is 3.89. The Morgan fingerprint density at radius 3 is 2.68 bits per heavy atom. The summed E-state index contributed by atoms with van der Waals surface area (Å²) in [5.74, 6) is 0.843. The highest BCUT2D eigenvalue weighted by molar-refractivity contribution is 5.78. The second-order valence-corrected chi connectivity index (χ2v) is 5.46. The number of fused-ring (bicyclic) bond motifs is 1. The quantitative estimate of drug-likeness (QED) is 0.917. The van der Waals surface area contributed by atoms with Gasteiger partial charge in [-0.15, -0.1) is 0 Å². The zero-order valence-corrected chi connectivity index (χ0v) is 11.3. The third-order valence-electron chi connectivity index (χ3n) is 3.89. The number of aryl methyl sites for hydroxylation is 3. The predicted molar refractivity (Wildman–Crippen MR) is 73.4 cm³/mol. The van der Waals surface area contributed by atoms with Crippen molar-refractivity contribution >= 4 is 17.0 Å². The van der Waals surface area contributed by atoms with Gasteiger partial charge in [0.25, 0.3) is 0 Å². The number of aliphatic carboxylic acids is 1. The molecule has 1 aliphatic carbocycles. The number of aromatic nitrogens is 2. The van der Waals surface area contributed by atoms with E-state index in [0.717, 1.165) is 16.9 Å². The van der Waals surface area contributed by atoms with Gasteiger partial charge in [0, 0.05) is 12.5 Å². The monoisotopic (exact) mass is 258 g/mol. The lowest BCUT2D eigenvalue weighted by molar-refractivity contribution is -0.137. The number of hydrogen-bond donors (Lipinski definition) is 1. The molecule has 100 valence electrons. The maximum Gasteiger partial charge on any atom is 0.305 e. The molecular weight excluding hydrogens is 240 g/mol. The normalized spacial score (nSPS) is 15.1. The Morgan fingerprint density at radius 1 is 1.37 bits per heavy atom. The first-order valence-corrected chi connectivity index (χ1v) is 6.75. The number of imidazole rings is 1. The number of carboxylic acid groups (broad SMARTS) is 1. The molecule has 1 aromatic carbocycles. The first kappa shape index (κ1) is 12.2. The average molecular weight is 258 g/mol. The van der Waals surface area contributed by atoms with Crippen LogP contribution in [0.15, 0.2) is 12.1 Å². The summed E-state index contributed by atoms with van der Waals surface area (Å²) in [6, 6.07) is 4.24. The second-order valence-electron chi connectivity index (χ2n) is 5.46. The number of carboxylic acids is 1. The van der Waals surface area contributed by atoms with Crippen molar-refractivity contribution < 1.29 is 9.90 Å². The number of rotatable bonds is 4. The highest BCUT2D eigenvalue weighted by Gasteiger charge is 2.29. The van der Waals surface area contributed by atoms with E-state index in [9.17, 15) is 4.79 Å². The number of carbonyl (C=O) groups is 1. The molecule has 0 saturated heterocycles. The van der Waals surface area contributed by atoms with Crippen LogP contribution in [-0.4, -0.2) is 20.6 Å². The predicted octanol–water partition coefficient (Wildman–Crippen LogP) is 3.01. The van der Waals surface area contributed by atoms with E-state index in [2.05, 4.69) is 30.5 Å².